The molecule has 1 unspecified atom stereocenters. The lowest BCUT2D eigenvalue weighted by Crippen LogP contribution is -2.38. The SMILES string of the molecule is Cc1c(N)cc(S(=O)(=O)N2CCCC2C(C)C)cc1Cl. The fourth-order valence-corrected chi connectivity index (χ4v) is 4.87. The van der Waals surface area contributed by atoms with Crippen LogP contribution in [0.4, 0.5) is 5.69 Å². The topological polar surface area (TPSA) is 63.4 Å². The largest absolute Gasteiger partial charge is 0.398 e. The molecule has 1 saturated heterocycles. The van der Waals surface area contributed by atoms with E-state index >= 15 is 0 Å². The van der Waals surface area contributed by atoms with Crippen LogP contribution in [0.1, 0.15) is 32.3 Å². The summed E-state index contributed by atoms with van der Waals surface area (Å²) in [5, 5.41) is 0.392. The van der Waals surface area contributed by atoms with Crippen LogP contribution in [-0.4, -0.2) is 25.3 Å². The number of nitrogens with zero attached hydrogens (tertiary/aromatic N) is 1. The van der Waals surface area contributed by atoms with Crippen molar-refractivity contribution in [1.82, 2.24) is 4.31 Å². The minimum Gasteiger partial charge on any atom is -0.398 e. The zero-order chi connectivity index (χ0) is 15.1. The molecule has 0 saturated carbocycles. The van der Waals surface area contributed by atoms with E-state index in [1.807, 2.05) is 0 Å². The van der Waals surface area contributed by atoms with Crippen molar-refractivity contribution < 1.29 is 8.42 Å². The highest BCUT2D eigenvalue weighted by molar-refractivity contribution is 7.89. The molecule has 112 valence electrons. The van der Waals surface area contributed by atoms with Gasteiger partial charge in [-0.2, -0.15) is 4.31 Å². The molecule has 1 aliphatic rings. The lowest BCUT2D eigenvalue weighted by Gasteiger charge is -2.27. The third-order valence-electron chi connectivity index (χ3n) is 3.98. The quantitative estimate of drug-likeness (QED) is 0.872. The van der Waals surface area contributed by atoms with E-state index in [0.717, 1.165) is 12.8 Å². The van der Waals surface area contributed by atoms with Gasteiger partial charge in [0.15, 0.2) is 0 Å². The van der Waals surface area contributed by atoms with Crippen LogP contribution in [0.3, 0.4) is 0 Å². The van der Waals surface area contributed by atoms with Gasteiger partial charge >= 0.3 is 0 Å². The first kappa shape index (κ1) is 15.6. The molecule has 6 heteroatoms. The Morgan fingerprint density at radius 1 is 1.40 bits per heavy atom. The van der Waals surface area contributed by atoms with Gasteiger partial charge in [-0.3, -0.25) is 0 Å². The number of hydrogen-bond acceptors (Lipinski definition) is 3. The molecule has 1 aliphatic heterocycles. The lowest BCUT2D eigenvalue weighted by molar-refractivity contribution is 0.316. The number of anilines is 1. The molecule has 20 heavy (non-hydrogen) atoms. The average molecular weight is 317 g/mol. The predicted molar refractivity (Wildman–Crippen MR) is 82.4 cm³/mol. The third-order valence-corrected chi connectivity index (χ3v) is 6.28. The molecular weight excluding hydrogens is 296 g/mol. The second kappa shape index (κ2) is 5.54. The molecule has 0 aliphatic carbocycles. The van der Waals surface area contributed by atoms with Gasteiger partial charge in [0.1, 0.15) is 0 Å². The van der Waals surface area contributed by atoms with E-state index in [4.69, 9.17) is 17.3 Å². The van der Waals surface area contributed by atoms with Gasteiger partial charge in [0.2, 0.25) is 10.0 Å². The van der Waals surface area contributed by atoms with Crippen LogP contribution in [0.5, 0.6) is 0 Å². The van der Waals surface area contributed by atoms with Crippen molar-refractivity contribution in [3.8, 4) is 0 Å². The summed E-state index contributed by atoms with van der Waals surface area (Å²) in [6.45, 7) is 6.45. The van der Waals surface area contributed by atoms with Gasteiger partial charge in [-0.25, -0.2) is 8.42 Å². The van der Waals surface area contributed by atoms with Gasteiger partial charge in [0.05, 0.1) is 4.90 Å². The molecule has 0 spiro atoms. The van der Waals surface area contributed by atoms with Crippen LogP contribution in [0, 0.1) is 12.8 Å². The van der Waals surface area contributed by atoms with E-state index in [9.17, 15) is 8.42 Å². The van der Waals surface area contributed by atoms with Crippen LogP contribution >= 0.6 is 11.6 Å². The molecule has 1 heterocycles. The normalized spacial score (nSPS) is 20.8. The zero-order valence-electron chi connectivity index (χ0n) is 12.1. The molecule has 2 N–H and O–H groups in total. The minimum atomic E-state index is -3.53. The number of nitrogens with two attached hydrogens (primary N) is 1. The van der Waals surface area contributed by atoms with Crippen molar-refractivity contribution in [2.45, 2.75) is 44.6 Å². The summed E-state index contributed by atoms with van der Waals surface area (Å²) in [4.78, 5) is 0.193. The summed E-state index contributed by atoms with van der Waals surface area (Å²) < 4.78 is 27.1. The fraction of sp³-hybridized carbons (Fsp3) is 0.571. The van der Waals surface area contributed by atoms with Gasteiger partial charge in [-0.1, -0.05) is 25.4 Å². The highest BCUT2D eigenvalue weighted by Crippen LogP contribution is 2.33. The Balaban J connectivity index is 2.45. The fourth-order valence-electron chi connectivity index (χ4n) is 2.69. The molecule has 1 aromatic carbocycles. The maximum atomic E-state index is 12.8. The maximum Gasteiger partial charge on any atom is 0.243 e. The molecule has 0 amide bonds. The van der Waals surface area contributed by atoms with E-state index in [2.05, 4.69) is 13.8 Å². The molecule has 4 nitrogen and oxygen atoms in total. The van der Waals surface area contributed by atoms with Crippen molar-refractivity contribution in [3.63, 3.8) is 0 Å². The maximum absolute atomic E-state index is 12.8. The third kappa shape index (κ3) is 2.67. The second-order valence-corrected chi connectivity index (χ2v) is 7.99. The Kier molecular flexibility index (Phi) is 4.33. The molecular formula is C14H21ClN2O2S. The summed E-state index contributed by atoms with van der Waals surface area (Å²) in [6, 6.07) is 3.06. The van der Waals surface area contributed by atoms with Gasteiger partial charge in [0.25, 0.3) is 0 Å². The van der Waals surface area contributed by atoms with Gasteiger partial charge < -0.3 is 5.73 Å². The van der Waals surface area contributed by atoms with Crippen LogP contribution in [0.25, 0.3) is 0 Å². The van der Waals surface area contributed by atoms with Gasteiger partial charge in [-0.15, -0.1) is 0 Å². The first-order valence-corrected chi connectivity index (χ1v) is 8.64. The van der Waals surface area contributed by atoms with E-state index in [1.54, 1.807) is 11.2 Å². The first-order chi connectivity index (χ1) is 9.25. The number of rotatable bonds is 3. The monoisotopic (exact) mass is 316 g/mol. The van der Waals surface area contributed by atoms with Crippen LogP contribution in [0.15, 0.2) is 17.0 Å². The van der Waals surface area contributed by atoms with Crippen molar-refractivity contribution >= 4 is 27.3 Å². The van der Waals surface area contributed by atoms with Crippen LogP contribution < -0.4 is 5.73 Å². The Hall–Kier alpha value is -0.780. The molecule has 0 radical (unpaired) electrons. The summed E-state index contributed by atoms with van der Waals surface area (Å²) in [5.74, 6) is 0.297. The molecule has 2 rings (SSSR count). The summed E-state index contributed by atoms with van der Waals surface area (Å²) in [7, 11) is -3.53. The highest BCUT2D eigenvalue weighted by Gasteiger charge is 2.37. The standard InChI is InChI=1S/C14H21ClN2O2S/c1-9(2)14-5-4-6-17(14)20(18,19)11-7-12(15)10(3)13(16)8-11/h7-9,14H,4-6,16H2,1-3H3. The van der Waals surface area contributed by atoms with Crippen molar-refractivity contribution in [2.24, 2.45) is 5.92 Å². The second-order valence-electron chi connectivity index (χ2n) is 5.69. The summed E-state index contributed by atoms with van der Waals surface area (Å²) in [6.07, 6.45) is 1.81. The van der Waals surface area contributed by atoms with Gasteiger partial charge in [-0.05, 0) is 43.4 Å². The first-order valence-electron chi connectivity index (χ1n) is 6.82. The van der Waals surface area contributed by atoms with Crippen molar-refractivity contribution in [1.29, 1.82) is 0 Å². The molecule has 1 fully saturated rings. The average Bonchev–Trinajstić information content (AvgIpc) is 2.85. The Labute approximate surface area is 126 Å². The summed E-state index contributed by atoms with van der Waals surface area (Å²) >= 11 is 6.07. The number of sulfonamides is 1. The molecule has 0 bridgehead atoms. The number of halogens is 1. The van der Waals surface area contributed by atoms with E-state index in [-0.39, 0.29) is 10.9 Å². The lowest BCUT2D eigenvalue weighted by atomic mass is 10.0. The van der Waals surface area contributed by atoms with Crippen molar-refractivity contribution in [3.05, 3.63) is 22.7 Å². The summed E-state index contributed by atoms with van der Waals surface area (Å²) in [5.41, 5.74) is 6.97. The Morgan fingerprint density at radius 2 is 2.05 bits per heavy atom. The molecule has 0 aromatic heterocycles. The predicted octanol–water partition coefficient (Wildman–Crippen LogP) is 3.04. The van der Waals surface area contributed by atoms with Crippen molar-refractivity contribution in [2.75, 3.05) is 12.3 Å². The Bertz CT molecular complexity index is 591. The van der Waals surface area contributed by atoms with E-state index in [1.165, 1.54) is 12.1 Å². The number of nitrogen functional groups attached to an aromatic ring is 1. The van der Waals surface area contributed by atoms with Gasteiger partial charge in [0, 0.05) is 23.3 Å². The minimum absolute atomic E-state index is 0.0568. The van der Waals surface area contributed by atoms with E-state index in [0.29, 0.717) is 28.7 Å². The molecule has 1 atom stereocenters. The number of hydrogen-bond donors (Lipinski definition) is 1. The van der Waals surface area contributed by atoms with Crippen LogP contribution in [-0.2, 0) is 10.0 Å². The smallest absolute Gasteiger partial charge is 0.243 e. The Morgan fingerprint density at radius 3 is 2.60 bits per heavy atom. The number of benzene rings is 1. The highest BCUT2D eigenvalue weighted by atomic mass is 35.5. The van der Waals surface area contributed by atoms with Crippen LogP contribution in [0.2, 0.25) is 5.02 Å². The molecule has 1 aromatic rings. The van der Waals surface area contributed by atoms with E-state index < -0.39 is 10.0 Å². The zero-order valence-corrected chi connectivity index (χ0v) is 13.6.